The lowest BCUT2D eigenvalue weighted by Gasteiger charge is -2.31. The first-order valence-corrected chi connectivity index (χ1v) is 11.5. The van der Waals surface area contributed by atoms with Crippen molar-refractivity contribution in [3.8, 4) is 5.75 Å². The van der Waals surface area contributed by atoms with Crippen molar-refractivity contribution in [2.75, 3.05) is 20.2 Å². The van der Waals surface area contributed by atoms with Gasteiger partial charge in [0.1, 0.15) is 17.4 Å². The summed E-state index contributed by atoms with van der Waals surface area (Å²) in [6.45, 7) is 1.49. The second-order valence-corrected chi connectivity index (χ2v) is 8.64. The van der Waals surface area contributed by atoms with Crippen molar-refractivity contribution in [3.05, 3.63) is 81.7 Å². The first-order chi connectivity index (χ1) is 17.0. The van der Waals surface area contributed by atoms with Crippen molar-refractivity contribution in [3.63, 3.8) is 0 Å². The van der Waals surface area contributed by atoms with Crippen LogP contribution in [-0.2, 0) is 17.8 Å². The number of fused-ring (bicyclic) bond motifs is 1. The van der Waals surface area contributed by atoms with Crippen LogP contribution < -0.4 is 10.3 Å². The number of H-pyrrole nitrogens is 1. The molecule has 1 fully saturated rings. The van der Waals surface area contributed by atoms with Gasteiger partial charge in [0.25, 0.3) is 5.56 Å². The molecular weight excluding hydrogens is 451 g/mol. The van der Waals surface area contributed by atoms with E-state index in [-0.39, 0.29) is 35.1 Å². The lowest BCUT2D eigenvalue weighted by molar-refractivity contribution is -0.131. The molecule has 0 aliphatic carbocycles. The summed E-state index contributed by atoms with van der Waals surface area (Å²) < 4.78 is 20.1. The average Bonchev–Trinajstić information content (AvgIpc) is 3.29. The van der Waals surface area contributed by atoms with Gasteiger partial charge in [-0.2, -0.15) is 0 Å². The van der Waals surface area contributed by atoms with Crippen molar-refractivity contribution < 1.29 is 13.9 Å². The minimum absolute atomic E-state index is 0.00560. The summed E-state index contributed by atoms with van der Waals surface area (Å²) in [6.07, 6.45) is 1.59. The summed E-state index contributed by atoms with van der Waals surface area (Å²) in [5.74, 6) is 0.998. The standard InChI is InChI=1S/C25H25FN6O3/c1-35-20-5-3-2-4-18(20)15-32-24-22(29-30-32)25(34)28-23(27-24)17-10-12-31(13-11-17)21(33)14-16-6-8-19(26)9-7-16/h2-9,17H,10-15H2,1H3,(H,27,28,34). The van der Waals surface area contributed by atoms with Crippen molar-refractivity contribution in [1.82, 2.24) is 29.9 Å². The molecule has 1 aliphatic heterocycles. The zero-order chi connectivity index (χ0) is 24.4. The molecule has 2 aromatic heterocycles. The molecule has 1 saturated heterocycles. The third-order valence-corrected chi connectivity index (χ3v) is 6.41. The molecule has 0 unspecified atom stereocenters. The average molecular weight is 477 g/mol. The minimum Gasteiger partial charge on any atom is -0.496 e. The summed E-state index contributed by atoms with van der Waals surface area (Å²) in [6, 6.07) is 13.6. The number of halogens is 1. The fourth-order valence-corrected chi connectivity index (χ4v) is 4.47. The molecule has 1 aliphatic rings. The Morgan fingerprint density at radius 1 is 1.14 bits per heavy atom. The van der Waals surface area contributed by atoms with Gasteiger partial charge >= 0.3 is 0 Å². The predicted molar refractivity (Wildman–Crippen MR) is 127 cm³/mol. The SMILES string of the molecule is COc1ccccc1Cn1nnc2c(=O)[nH]c(C3CCN(C(=O)Cc4ccc(F)cc4)CC3)nc21. The summed E-state index contributed by atoms with van der Waals surface area (Å²) in [7, 11) is 1.61. The Bertz CT molecular complexity index is 1410. The number of hydrogen-bond acceptors (Lipinski definition) is 6. The topological polar surface area (TPSA) is 106 Å². The van der Waals surface area contributed by atoms with Crippen LogP contribution >= 0.6 is 0 Å². The number of likely N-dealkylation sites (tertiary alicyclic amines) is 1. The molecule has 0 saturated carbocycles. The smallest absolute Gasteiger partial charge is 0.281 e. The summed E-state index contributed by atoms with van der Waals surface area (Å²) in [4.78, 5) is 34.8. The van der Waals surface area contributed by atoms with Gasteiger partial charge in [-0.05, 0) is 36.6 Å². The van der Waals surface area contributed by atoms with E-state index < -0.39 is 0 Å². The van der Waals surface area contributed by atoms with Crippen molar-refractivity contribution in [2.24, 2.45) is 0 Å². The molecule has 5 rings (SSSR count). The summed E-state index contributed by atoms with van der Waals surface area (Å²) in [5.41, 5.74) is 1.97. The number of ether oxygens (including phenoxy) is 1. The lowest BCUT2D eigenvalue weighted by atomic mass is 9.95. The zero-order valence-corrected chi connectivity index (χ0v) is 19.3. The third-order valence-electron chi connectivity index (χ3n) is 6.41. The molecule has 0 bridgehead atoms. The monoisotopic (exact) mass is 476 g/mol. The number of nitrogens with zero attached hydrogens (tertiary/aromatic N) is 5. The molecule has 4 aromatic rings. The largest absolute Gasteiger partial charge is 0.496 e. The Hall–Kier alpha value is -4.08. The Morgan fingerprint density at radius 2 is 1.89 bits per heavy atom. The van der Waals surface area contributed by atoms with Crippen molar-refractivity contribution in [2.45, 2.75) is 31.7 Å². The number of carbonyl (C=O) groups is 1. The quantitative estimate of drug-likeness (QED) is 0.459. The van der Waals surface area contributed by atoms with Crippen molar-refractivity contribution >= 4 is 17.1 Å². The molecule has 0 atom stereocenters. The maximum absolute atomic E-state index is 13.1. The minimum atomic E-state index is -0.328. The fraction of sp³-hybridized carbons (Fsp3) is 0.320. The molecule has 3 heterocycles. The number of methoxy groups -OCH3 is 1. The molecule has 10 heteroatoms. The molecule has 35 heavy (non-hydrogen) atoms. The number of nitrogens with one attached hydrogen (secondary N) is 1. The highest BCUT2D eigenvalue weighted by Gasteiger charge is 2.26. The zero-order valence-electron chi connectivity index (χ0n) is 19.3. The van der Waals surface area contributed by atoms with Crippen molar-refractivity contribution in [1.29, 1.82) is 0 Å². The van der Waals surface area contributed by atoms with Gasteiger partial charge in [-0.25, -0.2) is 14.1 Å². The van der Waals surface area contributed by atoms with E-state index in [9.17, 15) is 14.0 Å². The van der Waals surface area contributed by atoms with E-state index in [1.54, 1.807) is 23.9 Å². The number of aromatic nitrogens is 5. The van der Waals surface area contributed by atoms with Gasteiger partial charge in [-0.1, -0.05) is 35.5 Å². The van der Waals surface area contributed by atoms with Gasteiger partial charge in [0, 0.05) is 24.6 Å². The number of aromatic amines is 1. The number of piperidine rings is 1. The molecule has 2 aromatic carbocycles. The molecule has 0 spiro atoms. The molecule has 1 N–H and O–H groups in total. The van der Waals surface area contributed by atoms with Crippen LogP contribution in [0.4, 0.5) is 4.39 Å². The van der Waals surface area contributed by atoms with Gasteiger partial charge in [0.2, 0.25) is 5.91 Å². The summed E-state index contributed by atoms with van der Waals surface area (Å²) >= 11 is 0. The van der Waals surface area contributed by atoms with E-state index in [1.807, 2.05) is 29.2 Å². The van der Waals surface area contributed by atoms with E-state index >= 15 is 0 Å². The Balaban J connectivity index is 1.30. The van der Waals surface area contributed by atoms with Crippen LogP contribution in [0.1, 0.15) is 35.7 Å². The second kappa shape index (κ2) is 9.65. The lowest BCUT2D eigenvalue weighted by Crippen LogP contribution is -2.39. The van der Waals surface area contributed by atoms with Gasteiger partial charge in [0.05, 0.1) is 20.1 Å². The van der Waals surface area contributed by atoms with Gasteiger partial charge < -0.3 is 14.6 Å². The van der Waals surface area contributed by atoms with Crippen LogP contribution in [0.3, 0.4) is 0 Å². The second-order valence-electron chi connectivity index (χ2n) is 8.64. The van der Waals surface area contributed by atoms with E-state index in [0.717, 1.165) is 16.9 Å². The van der Waals surface area contributed by atoms with Crippen LogP contribution in [0, 0.1) is 5.82 Å². The van der Waals surface area contributed by atoms with Gasteiger partial charge in [0.15, 0.2) is 11.2 Å². The molecular formula is C25H25FN6O3. The maximum atomic E-state index is 13.1. The third kappa shape index (κ3) is 4.77. The number of carbonyl (C=O) groups excluding carboxylic acids is 1. The molecule has 1 amide bonds. The van der Waals surface area contributed by atoms with Crippen LogP contribution in [0.25, 0.3) is 11.2 Å². The van der Waals surface area contributed by atoms with E-state index in [1.165, 1.54) is 12.1 Å². The Labute approximate surface area is 200 Å². The van der Waals surface area contributed by atoms with E-state index in [0.29, 0.717) is 43.9 Å². The highest BCUT2D eigenvalue weighted by Crippen LogP contribution is 2.26. The fourth-order valence-electron chi connectivity index (χ4n) is 4.47. The van der Waals surface area contributed by atoms with Crippen LogP contribution in [0.15, 0.2) is 53.3 Å². The first kappa shape index (κ1) is 22.7. The first-order valence-electron chi connectivity index (χ1n) is 11.5. The van der Waals surface area contributed by atoms with E-state index in [4.69, 9.17) is 9.72 Å². The van der Waals surface area contributed by atoms with Gasteiger partial charge in [-0.3, -0.25) is 9.59 Å². The van der Waals surface area contributed by atoms with E-state index in [2.05, 4.69) is 15.3 Å². The highest BCUT2D eigenvalue weighted by molar-refractivity contribution is 5.78. The Kier molecular flexibility index (Phi) is 6.26. The normalized spacial score (nSPS) is 14.4. The Morgan fingerprint density at radius 3 is 2.63 bits per heavy atom. The van der Waals surface area contributed by atoms with Crippen LogP contribution in [0.2, 0.25) is 0 Å². The van der Waals surface area contributed by atoms with Crippen LogP contribution in [-0.4, -0.2) is 56.0 Å². The molecule has 180 valence electrons. The van der Waals surface area contributed by atoms with Gasteiger partial charge in [-0.15, -0.1) is 5.10 Å². The number of benzene rings is 2. The maximum Gasteiger partial charge on any atom is 0.281 e. The number of para-hydroxylation sites is 1. The number of amides is 1. The molecule has 9 nitrogen and oxygen atoms in total. The summed E-state index contributed by atoms with van der Waals surface area (Å²) in [5, 5.41) is 8.17. The predicted octanol–water partition coefficient (Wildman–Crippen LogP) is 2.66. The van der Waals surface area contributed by atoms with Crippen LogP contribution in [0.5, 0.6) is 5.75 Å². The molecule has 0 radical (unpaired) electrons. The number of hydrogen-bond donors (Lipinski definition) is 1. The highest BCUT2D eigenvalue weighted by atomic mass is 19.1. The number of rotatable bonds is 6.